The number of amides is 1. The second-order valence-electron chi connectivity index (χ2n) is 6.35. The molecule has 1 amide bonds. The number of rotatable bonds is 7. The van der Waals surface area contributed by atoms with E-state index in [4.69, 9.17) is 0 Å². The molecule has 1 aliphatic rings. The molecule has 7 heteroatoms. The first kappa shape index (κ1) is 18.9. The van der Waals surface area contributed by atoms with E-state index >= 15 is 0 Å². The Balaban J connectivity index is 1.70. The Labute approximate surface area is 144 Å². The van der Waals surface area contributed by atoms with E-state index in [0.717, 1.165) is 31.4 Å². The minimum absolute atomic E-state index is 0.0404. The van der Waals surface area contributed by atoms with E-state index in [2.05, 4.69) is 14.9 Å². The normalized spacial score (nSPS) is 19.2. The van der Waals surface area contributed by atoms with E-state index in [-0.39, 0.29) is 16.8 Å². The third-order valence-electron chi connectivity index (χ3n) is 4.35. The molecule has 6 nitrogen and oxygen atoms in total. The molecule has 1 heterocycles. The summed E-state index contributed by atoms with van der Waals surface area (Å²) >= 11 is 0. The molecule has 0 bridgehead atoms. The van der Waals surface area contributed by atoms with Gasteiger partial charge in [-0.1, -0.05) is 24.1 Å². The zero-order valence-electron chi connectivity index (χ0n) is 14.4. The summed E-state index contributed by atoms with van der Waals surface area (Å²) in [6, 6.07) is 6.68. The topological polar surface area (TPSA) is 78.5 Å². The molecule has 134 valence electrons. The molecule has 24 heavy (non-hydrogen) atoms. The fraction of sp³-hybridized carbons (Fsp3) is 0.588. The van der Waals surface area contributed by atoms with Gasteiger partial charge in [0.2, 0.25) is 15.9 Å². The highest BCUT2D eigenvalue weighted by molar-refractivity contribution is 7.89. The minimum Gasteiger partial charge on any atom is -0.355 e. The van der Waals surface area contributed by atoms with Gasteiger partial charge in [0.25, 0.3) is 0 Å². The van der Waals surface area contributed by atoms with Crippen LogP contribution in [0.1, 0.15) is 31.2 Å². The van der Waals surface area contributed by atoms with Gasteiger partial charge in [0, 0.05) is 13.1 Å². The fourth-order valence-corrected chi connectivity index (χ4v) is 3.91. The summed E-state index contributed by atoms with van der Waals surface area (Å²) < 4.78 is 26.8. The second-order valence-corrected chi connectivity index (χ2v) is 8.11. The highest BCUT2D eigenvalue weighted by Gasteiger charge is 2.25. The van der Waals surface area contributed by atoms with E-state index < -0.39 is 10.0 Å². The van der Waals surface area contributed by atoms with E-state index in [1.165, 1.54) is 0 Å². The quantitative estimate of drug-likeness (QED) is 0.724. The summed E-state index contributed by atoms with van der Waals surface area (Å²) in [5.41, 5.74) is 1.02. The standard InChI is InChI=1S/C17H27N3O3S/c1-14-7-9-15(10-8-14)24(22,23)19-12-5-11-18-17(21)16-6-3-4-13-20(16)2/h7-10,16,19H,3-6,11-13H2,1-2H3,(H,18,21)/t16-/m1/s1. The molecule has 0 unspecified atom stereocenters. The third-order valence-corrected chi connectivity index (χ3v) is 5.83. The number of carbonyl (C=O) groups is 1. The number of likely N-dealkylation sites (N-methyl/N-ethyl adjacent to an activating group) is 1. The largest absolute Gasteiger partial charge is 0.355 e. The highest BCUT2D eigenvalue weighted by atomic mass is 32.2. The van der Waals surface area contributed by atoms with Gasteiger partial charge < -0.3 is 5.32 Å². The van der Waals surface area contributed by atoms with E-state index in [9.17, 15) is 13.2 Å². The number of likely N-dealkylation sites (tertiary alicyclic amines) is 1. The van der Waals surface area contributed by atoms with E-state index in [0.29, 0.717) is 19.5 Å². The molecule has 1 aliphatic heterocycles. The van der Waals surface area contributed by atoms with Crippen LogP contribution in [0.2, 0.25) is 0 Å². The Morgan fingerprint density at radius 2 is 1.92 bits per heavy atom. The number of hydrogen-bond donors (Lipinski definition) is 2. The average molecular weight is 353 g/mol. The zero-order chi connectivity index (χ0) is 17.6. The van der Waals surface area contributed by atoms with Crippen molar-refractivity contribution in [1.29, 1.82) is 0 Å². The summed E-state index contributed by atoms with van der Waals surface area (Å²) in [5.74, 6) is 0.0404. The summed E-state index contributed by atoms with van der Waals surface area (Å²) in [6.45, 7) is 3.64. The van der Waals surface area contributed by atoms with Crippen LogP contribution >= 0.6 is 0 Å². The number of nitrogens with one attached hydrogen (secondary N) is 2. The van der Waals surface area contributed by atoms with Crippen LogP contribution in [0.25, 0.3) is 0 Å². The van der Waals surface area contributed by atoms with Crippen LogP contribution in [0.3, 0.4) is 0 Å². The zero-order valence-corrected chi connectivity index (χ0v) is 15.2. The van der Waals surface area contributed by atoms with Crippen molar-refractivity contribution in [2.24, 2.45) is 0 Å². The Morgan fingerprint density at radius 3 is 2.58 bits per heavy atom. The molecule has 0 saturated carbocycles. The van der Waals surface area contributed by atoms with Gasteiger partial charge in [-0.15, -0.1) is 0 Å². The Bertz CT molecular complexity index is 644. The van der Waals surface area contributed by atoms with Gasteiger partial charge >= 0.3 is 0 Å². The monoisotopic (exact) mass is 353 g/mol. The summed E-state index contributed by atoms with van der Waals surface area (Å²) in [4.78, 5) is 14.5. The van der Waals surface area contributed by atoms with Gasteiger partial charge in [-0.3, -0.25) is 9.69 Å². The first-order valence-electron chi connectivity index (χ1n) is 8.44. The first-order chi connectivity index (χ1) is 11.4. The molecule has 0 aromatic heterocycles. The van der Waals surface area contributed by atoms with E-state index in [1.54, 1.807) is 24.3 Å². The SMILES string of the molecule is Cc1ccc(S(=O)(=O)NCCCNC(=O)[C@H]2CCCCN2C)cc1. The van der Waals surface area contributed by atoms with E-state index in [1.807, 2.05) is 14.0 Å². The molecular weight excluding hydrogens is 326 g/mol. The number of piperidine rings is 1. The molecule has 2 N–H and O–H groups in total. The molecule has 1 saturated heterocycles. The predicted octanol–water partition coefficient (Wildman–Crippen LogP) is 1.26. The van der Waals surface area contributed by atoms with Crippen molar-refractivity contribution >= 4 is 15.9 Å². The molecular formula is C17H27N3O3S. The highest BCUT2D eigenvalue weighted by Crippen LogP contribution is 2.14. The molecule has 1 atom stereocenters. The predicted molar refractivity (Wildman–Crippen MR) is 94.3 cm³/mol. The van der Waals surface area contributed by atoms with Crippen LogP contribution in [0.5, 0.6) is 0 Å². The van der Waals surface area contributed by atoms with Crippen molar-refractivity contribution in [2.45, 2.75) is 43.5 Å². The van der Waals surface area contributed by atoms with Gasteiger partial charge in [-0.2, -0.15) is 0 Å². The number of nitrogens with zero attached hydrogens (tertiary/aromatic N) is 1. The maximum absolute atomic E-state index is 12.1. The van der Waals surface area contributed by atoms with Gasteiger partial charge in [0.05, 0.1) is 10.9 Å². The smallest absolute Gasteiger partial charge is 0.240 e. The minimum atomic E-state index is -3.48. The molecule has 0 spiro atoms. The fourth-order valence-electron chi connectivity index (χ4n) is 2.83. The first-order valence-corrected chi connectivity index (χ1v) is 9.93. The number of carbonyl (C=O) groups excluding carboxylic acids is 1. The maximum Gasteiger partial charge on any atom is 0.240 e. The lowest BCUT2D eigenvalue weighted by molar-refractivity contribution is -0.127. The van der Waals surface area contributed by atoms with Crippen LogP contribution in [0, 0.1) is 6.92 Å². The molecule has 2 rings (SSSR count). The van der Waals surface area contributed by atoms with Crippen molar-refractivity contribution in [2.75, 3.05) is 26.7 Å². The lowest BCUT2D eigenvalue weighted by Crippen LogP contribution is -2.47. The molecule has 0 radical (unpaired) electrons. The van der Waals surface area contributed by atoms with Crippen LogP contribution < -0.4 is 10.0 Å². The lowest BCUT2D eigenvalue weighted by atomic mass is 10.0. The second kappa shape index (κ2) is 8.60. The van der Waals surface area contributed by atoms with Crippen molar-refractivity contribution in [1.82, 2.24) is 14.9 Å². The number of hydrogen-bond acceptors (Lipinski definition) is 4. The molecule has 1 fully saturated rings. The van der Waals surface area contributed by atoms with Gasteiger partial charge in [0.15, 0.2) is 0 Å². The number of sulfonamides is 1. The molecule has 1 aromatic rings. The summed E-state index contributed by atoms with van der Waals surface area (Å²) in [7, 11) is -1.51. The van der Waals surface area contributed by atoms with Crippen molar-refractivity contribution in [3.8, 4) is 0 Å². The summed E-state index contributed by atoms with van der Waals surface area (Å²) in [5, 5.41) is 2.90. The van der Waals surface area contributed by atoms with Crippen molar-refractivity contribution in [3.05, 3.63) is 29.8 Å². The number of benzene rings is 1. The summed E-state index contributed by atoms with van der Waals surface area (Å²) in [6.07, 6.45) is 3.68. The van der Waals surface area contributed by atoms with Gasteiger partial charge in [-0.25, -0.2) is 13.1 Å². The van der Waals surface area contributed by atoms with Crippen LogP contribution in [-0.4, -0.2) is 51.9 Å². The van der Waals surface area contributed by atoms with Crippen LogP contribution in [0.15, 0.2) is 29.2 Å². The Hall–Kier alpha value is -1.44. The van der Waals surface area contributed by atoms with Crippen molar-refractivity contribution < 1.29 is 13.2 Å². The third kappa shape index (κ3) is 5.29. The van der Waals surface area contributed by atoms with Gasteiger partial charge in [0.1, 0.15) is 0 Å². The Kier molecular flexibility index (Phi) is 6.77. The van der Waals surface area contributed by atoms with Crippen molar-refractivity contribution in [3.63, 3.8) is 0 Å². The Morgan fingerprint density at radius 1 is 1.21 bits per heavy atom. The maximum atomic E-state index is 12.1. The number of aryl methyl sites for hydroxylation is 1. The lowest BCUT2D eigenvalue weighted by Gasteiger charge is -2.31. The molecule has 1 aromatic carbocycles. The molecule has 0 aliphatic carbocycles. The average Bonchev–Trinajstić information content (AvgIpc) is 2.55. The van der Waals surface area contributed by atoms with Crippen LogP contribution in [0.4, 0.5) is 0 Å². The van der Waals surface area contributed by atoms with Crippen LogP contribution in [-0.2, 0) is 14.8 Å². The van der Waals surface area contributed by atoms with Gasteiger partial charge in [-0.05, 0) is 51.9 Å².